The van der Waals surface area contributed by atoms with Crippen molar-refractivity contribution in [2.45, 2.75) is 32.3 Å². The van der Waals surface area contributed by atoms with E-state index in [1.54, 1.807) is 11.1 Å². The van der Waals surface area contributed by atoms with Crippen molar-refractivity contribution in [3.8, 4) is 0 Å². The zero-order valence-electron chi connectivity index (χ0n) is 15.8. The Bertz CT molecular complexity index is 851. The lowest BCUT2D eigenvalue weighted by molar-refractivity contribution is 0.00791. The van der Waals surface area contributed by atoms with Crippen molar-refractivity contribution in [1.82, 2.24) is 19.3 Å². The van der Waals surface area contributed by atoms with Crippen LogP contribution in [0.4, 0.5) is 10.6 Å². The molecule has 2 saturated heterocycles. The molecular weight excluding hydrogens is 414 g/mol. The molecule has 1 amide bonds. The average molecular weight is 438 g/mol. The van der Waals surface area contributed by atoms with Crippen LogP contribution in [0, 0.1) is 0 Å². The number of carbonyl (C=O) groups excluding carboxylic acids is 1. The van der Waals surface area contributed by atoms with Gasteiger partial charge in [-0.15, -0.1) is 0 Å². The van der Waals surface area contributed by atoms with Crippen LogP contribution in [-0.4, -0.2) is 70.4 Å². The summed E-state index contributed by atoms with van der Waals surface area (Å²) in [6, 6.07) is 0. The van der Waals surface area contributed by atoms with Gasteiger partial charge in [0.05, 0.1) is 25.1 Å². The lowest BCUT2D eigenvalue weighted by Crippen LogP contribution is -2.50. The Hall–Kier alpha value is -1.87. The molecule has 2 aromatic rings. The van der Waals surface area contributed by atoms with Gasteiger partial charge >= 0.3 is 6.09 Å². The second-order valence-corrected chi connectivity index (χ2v) is 8.76. The van der Waals surface area contributed by atoms with Crippen molar-refractivity contribution in [3.05, 3.63) is 22.7 Å². The van der Waals surface area contributed by atoms with Crippen LogP contribution in [0.1, 0.15) is 32.4 Å². The van der Waals surface area contributed by atoms with E-state index < -0.39 is 5.60 Å². The molecule has 4 heterocycles. The predicted molar refractivity (Wildman–Crippen MR) is 104 cm³/mol. The number of anilines is 1. The van der Waals surface area contributed by atoms with Gasteiger partial charge in [-0.3, -0.25) is 4.40 Å². The van der Waals surface area contributed by atoms with E-state index in [4.69, 9.17) is 14.5 Å². The molecule has 0 aromatic carbocycles. The van der Waals surface area contributed by atoms with E-state index in [-0.39, 0.29) is 12.0 Å². The lowest BCUT2D eigenvalue weighted by Gasteiger charge is -2.38. The second-order valence-electron chi connectivity index (χ2n) is 7.95. The molecule has 0 spiro atoms. The molecule has 2 fully saturated rings. The van der Waals surface area contributed by atoms with Gasteiger partial charge in [0.25, 0.3) is 0 Å². The summed E-state index contributed by atoms with van der Waals surface area (Å²) in [5, 5.41) is 0. The minimum absolute atomic E-state index is 0.210. The fourth-order valence-electron chi connectivity index (χ4n) is 3.29. The van der Waals surface area contributed by atoms with Crippen LogP contribution >= 0.6 is 15.9 Å². The number of nitrogens with zero attached hydrogens (tertiary/aromatic N) is 5. The van der Waals surface area contributed by atoms with Gasteiger partial charge in [-0.1, -0.05) is 0 Å². The number of hydrogen-bond acceptors (Lipinski definition) is 6. The minimum Gasteiger partial charge on any atom is -0.444 e. The number of rotatable bonds is 2. The van der Waals surface area contributed by atoms with Crippen LogP contribution in [0.15, 0.2) is 17.0 Å². The zero-order chi connectivity index (χ0) is 19.2. The molecule has 8 nitrogen and oxygen atoms in total. The average Bonchev–Trinajstić information content (AvgIpc) is 2.98. The van der Waals surface area contributed by atoms with Crippen molar-refractivity contribution in [2.75, 3.05) is 44.3 Å². The predicted octanol–water partition coefficient (Wildman–Crippen LogP) is 2.66. The van der Waals surface area contributed by atoms with Crippen LogP contribution in [-0.2, 0) is 9.47 Å². The maximum absolute atomic E-state index is 12.1. The summed E-state index contributed by atoms with van der Waals surface area (Å²) >= 11 is 3.56. The highest BCUT2D eigenvalue weighted by Gasteiger charge is 2.36. The summed E-state index contributed by atoms with van der Waals surface area (Å²) in [5.74, 6) is 1.08. The smallest absolute Gasteiger partial charge is 0.410 e. The maximum Gasteiger partial charge on any atom is 0.410 e. The first-order chi connectivity index (χ1) is 12.8. The van der Waals surface area contributed by atoms with Gasteiger partial charge in [0.15, 0.2) is 11.5 Å². The number of amides is 1. The largest absolute Gasteiger partial charge is 0.444 e. The van der Waals surface area contributed by atoms with Crippen molar-refractivity contribution in [1.29, 1.82) is 0 Å². The Morgan fingerprint density at radius 2 is 2.00 bits per heavy atom. The normalized spacial score (nSPS) is 18.7. The molecule has 0 unspecified atom stereocenters. The van der Waals surface area contributed by atoms with Crippen LogP contribution in [0.3, 0.4) is 0 Å². The van der Waals surface area contributed by atoms with E-state index in [2.05, 4.69) is 25.8 Å². The molecule has 9 heteroatoms. The van der Waals surface area contributed by atoms with Crippen molar-refractivity contribution in [3.63, 3.8) is 0 Å². The molecule has 27 heavy (non-hydrogen) atoms. The molecule has 0 aliphatic carbocycles. The third kappa shape index (κ3) is 3.75. The Balaban J connectivity index is 1.53. The number of imidazole rings is 1. The van der Waals surface area contributed by atoms with Gasteiger partial charge in [-0.05, 0) is 36.7 Å². The topological polar surface area (TPSA) is 72.2 Å². The number of likely N-dealkylation sites (tertiary alicyclic amines) is 1. The number of carbonyl (C=O) groups is 1. The van der Waals surface area contributed by atoms with Crippen LogP contribution in [0.25, 0.3) is 5.65 Å². The SMILES string of the molecule is CC(C)(C)OC(=O)N1CC(c2cn3c(Br)cnc(N4CCOCC4)c3n2)C1. The first-order valence-corrected chi connectivity index (χ1v) is 9.95. The van der Waals surface area contributed by atoms with Gasteiger partial charge in [-0.25, -0.2) is 14.8 Å². The number of morpholine rings is 1. The van der Waals surface area contributed by atoms with Gasteiger partial charge in [-0.2, -0.15) is 0 Å². The summed E-state index contributed by atoms with van der Waals surface area (Å²) in [4.78, 5) is 25.5. The number of ether oxygens (including phenoxy) is 2. The lowest BCUT2D eigenvalue weighted by atomic mass is 9.98. The number of hydrogen-bond donors (Lipinski definition) is 0. The number of halogens is 1. The first kappa shape index (κ1) is 18.5. The molecule has 2 aromatic heterocycles. The molecule has 2 aliphatic rings. The number of fused-ring (bicyclic) bond motifs is 1. The minimum atomic E-state index is -0.477. The van der Waals surface area contributed by atoms with Crippen LogP contribution in [0.2, 0.25) is 0 Å². The summed E-state index contributed by atoms with van der Waals surface area (Å²) in [6.45, 7) is 9.89. The van der Waals surface area contributed by atoms with Gasteiger partial charge in [0.1, 0.15) is 10.2 Å². The monoisotopic (exact) mass is 437 g/mol. The molecule has 0 saturated carbocycles. The fourth-order valence-corrected chi connectivity index (χ4v) is 3.66. The molecule has 2 aliphatic heterocycles. The van der Waals surface area contributed by atoms with Crippen LogP contribution < -0.4 is 4.90 Å². The Labute approximate surface area is 166 Å². The third-order valence-electron chi connectivity index (χ3n) is 4.71. The van der Waals surface area contributed by atoms with E-state index >= 15 is 0 Å². The summed E-state index contributed by atoms with van der Waals surface area (Å²) in [7, 11) is 0. The standard InChI is InChI=1S/C18H24BrN5O3/c1-18(2,3)27-17(25)23-9-12(10-23)13-11-24-14(19)8-20-15(16(24)21-13)22-4-6-26-7-5-22/h8,11-12H,4-7,9-10H2,1-3H3. The molecule has 0 atom stereocenters. The Morgan fingerprint density at radius 1 is 1.30 bits per heavy atom. The zero-order valence-corrected chi connectivity index (χ0v) is 17.4. The molecule has 0 N–H and O–H groups in total. The van der Waals surface area contributed by atoms with Crippen molar-refractivity contribution in [2.24, 2.45) is 0 Å². The van der Waals surface area contributed by atoms with E-state index in [9.17, 15) is 4.79 Å². The highest BCUT2D eigenvalue weighted by molar-refractivity contribution is 9.10. The Kier molecular flexibility index (Phi) is 4.75. The molecule has 0 bridgehead atoms. The number of aromatic nitrogens is 3. The third-order valence-corrected chi connectivity index (χ3v) is 5.30. The highest BCUT2D eigenvalue weighted by atomic mass is 79.9. The van der Waals surface area contributed by atoms with E-state index in [0.717, 1.165) is 34.9 Å². The van der Waals surface area contributed by atoms with Gasteiger partial charge in [0, 0.05) is 38.3 Å². The summed E-state index contributed by atoms with van der Waals surface area (Å²) in [6.07, 6.45) is 3.57. The first-order valence-electron chi connectivity index (χ1n) is 9.16. The van der Waals surface area contributed by atoms with Crippen molar-refractivity contribution < 1.29 is 14.3 Å². The molecule has 146 valence electrons. The molecule has 4 rings (SSSR count). The van der Waals surface area contributed by atoms with E-state index in [1.165, 1.54) is 0 Å². The molecular formula is C18H24BrN5O3. The van der Waals surface area contributed by atoms with E-state index in [0.29, 0.717) is 26.3 Å². The van der Waals surface area contributed by atoms with Crippen LogP contribution in [0.5, 0.6) is 0 Å². The summed E-state index contributed by atoms with van der Waals surface area (Å²) < 4.78 is 13.7. The van der Waals surface area contributed by atoms with E-state index in [1.807, 2.05) is 31.4 Å². The highest BCUT2D eigenvalue weighted by Crippen LogP contribution is 2.31. The quantitative estimate of drug-likeness (QED) is 0.718. The van der Waals surface area contributed by atoms with Crippen molar-refractivity contribution >= 4 is 33.5 Å². The van der Waals surface area contributed by atoms with Gasteiger partial charge < -0.3 is 19.3 Å². The summed E-state index contributed by atoms with van der Waals surface area (Å²) in [5.41, 5.74) is 1.32. The second kappa shape index (κ2) is 6.94. The van der Waals surface area contributed by atoms with Gasteiger partial charge in [0.2, 0.25) is 0 Å². The molecule has 0 radical (unpaired) electrons. The fraction of sp³-hybridized carbons (Fsp3) is 0.611. The Morgan fingerprint density at radius 3 is 2.67 bits per heavy atom. The maximum atomic E-state index is 12.1.